The maximum atomic E-state index is 12.4. The van der Waals surface area contributed by atoms with E-state index in [1.165, 1.54) is 0 Å². The van der Waals surface area contributed by atoms with E-state index in [1.54, 1.807) is 43.3 Å². The minimum Gasteiger partial charge on any atom is -0.481 e. The second-order valence-electron chi connectivity index (χ2n) is 7.73. The van der Waals surface area contributed by atoms with Crippen LogP contribution < -0.4 is 27.1 Å². The number of aliphatic carboxylic acids is 1. The van der Waals surface area contributed by atoms with Gasteiger partial charge < -0.3 is 20.4 Å². The molecule has 1 atom stereocenters. The topological polar surface area (TPSA) is 132 Å². The van der Waals surface area contributed by atoms with Crippen LogP contribution in [0.4, 0.5) is 0 Å². The number of carbonyl (C=O) groups is 2. The van der Waals surface area contributed by atoms with Gasteiger partial charge in [-0.1, -0.05) is 61.5 Å². The smallest absolute Gasteiger partial charge is 0.303 e. The lowest BCUT2D eigenvalue weighted by Gasteiger charge is -2.11. The van der Waals surface area contributed by atoms with Gasteiger partial charge in [0.15, 0.2) is 0 Å². The zero-order chi connectivity index (χ0) is 23.8. The molecule has 0 radical (unpaired) electrons. The Balaban J connectivity index is 1.71. The van der Waals surface area contributed by atoms with Gasteiger partial charge in [-0.15, -0.1) is 0 Å². The molecule has 3 aromatic rings. The molecule has 0 bridgehead atoms. The normalized spacial score (nSPS) is 13.0. The predicted molar refractivity (Wildman–Crippen MR) is 125 cm³/mol. The first kappa shape index (κ1) is 23.5. The lowest BCUT2D eigenvalue weighted by molar-refractivity contribution is -0.137. The molecule has 1 aromatic heterocycles. The third-order valence-corrected chi connectivity index (χ3v) is 5.09. The number of nitrogens with one attached hydrogen (secondary N) is 3. The number of hydrogen-bond donors (Lipinski definition) is 4. The van der Waals surface area contributed by atoms with Gasteiger partial charge in [-0.2, -0.15) is 0 Å². The minimum absolute atomic E-state index is 0.0500. The molecule has 8 heteroatoms. The highest BCUT2D eigenvalue weighted by Gasteiger charge is 2.13. The van der Waals surface area contributed by atoms with Gasteiger partial charge in [0.1, 0.15) is 10.7 Å². The fraction of sp³-hybridized carbons (Fsp3) is 0.200. The highest BCUT2D eigenvalue weighted by molar-refractivity contribution is 5.79. The molecule has 0 saturated heterocycles. The standard InChI is InChI=1S/C25H25N3O5/c1-16(7-12-22(29)30)23(31)26-15-19-10-8-18(9-11-19)14-21-25(33)27-20(24(32)28-21)13-17-5-3-2-4-6-17/h2-6,8-11,13-14,16H,7,12,15H2,1H3,(H,26,31)(H,27,33)(H,28,32)(H,29,30)/b20-13-,21-14-. The molecule has 0 aliphatic heterocycles. The number of aromatic nitrogens is 2. The fourth-order valence-electron chi connectivity index (χ4n) is 3.14. The largest absolute Gasteiger partial charge is 0.481 e. The van der Waals surface area contributed by atoms with Gasteiger partial charge in [0.05, 0.1) is 0 Å². The molecule has 1 unspecified atom stereocenters. The number of amides is 1. The molecule has 4 N–H and O–H groups in total. The SMILES string of the molecule is CC(CCC(=O)O)C(=O)NCc1ccc(/C=c2\[nH]c(=O)/c(=C/c3ccccc3)[nH]c2=O)cc1. The first-order valence-corrected chi connectivity index (χ1v) is 10.5. The average Bonchev–Trinajstić information content (AvgIpc) is 2.80. The van der Waals surface area contributed by atoms with Crippen LogP contribution in [0.3, 0.4) is 0 Å². The van der Waals surface area contributed by atoms with Gasteiger partial charge in [0.25, 0.3) is 11.1 Å². The van der Waals surface area contributed by atoms with Crippen LogP contribution >= 0.6 is 0 Å². The number of carbonyl (C=O) groups excluding carboxylic acids is 1. The van der Waals surface area contributed by atoms with Crippen LogP contribution in [0, 0.1) is 5.92 Å². The molecule has 1 heterocycles. The number of carboxylic acid groups (broad SMARTS) is 1. The number of benzene rings is 2. The number of carboxylic acids is 1. The van der Waals surface area contributed by atoms with Gasteiger partial charge in [-0.3, -0.25) is 19.2 Å². The summed E-state index contributed by atoms with van der Waals surface area (Å²) in [5.74, 6) is -1.52. The first-order valence-electron chi connectivity index (χ1n) is 10.5. The average molecular weight is 447 g/mol. The van der Waals surface area contributed by atoms with E-state index in [-0.39, 0.29) is 35.4 Å². The molecule has 0 aliphatic rings. The van der Waals surface area contributed by atoms with Crippen molar-refractivity contribution in [2.75, 3.05) is 0 Å². The summed E-state index contributed by atoms with van der Waals surface area (Å²) in [5.41, 5.74) is 1.54. The highest BCUT2D eigenvalue weighted by atomic mass is 16.4. The summed E-state index contributed by atoms with van der Waals surface area (Å²) in [6.45, 7) is 2.00. The third kappa shape index (κ3) is 6.90. The molecule has 1 amide bonds. The van der Waals surface area contributed by atoms with Crippen molar-refractivity contribution in [3.63, 3.8) is 0 Å². The van der Waals surface area contributed by atoms with E-state index >= 15 is 0 Å². The Labute approximate surface area is 189 Å². The van der Waals surface area contributed by atoms with Crippen LogP contribution in [0.2, 0.25) is 0 Å². The molecule has 33 heavy (non-hydrogen) atoms. The van der Waals surface area contributed by atoms with E-state index in [2.05, 4.69) is 15.3 Å². The highest BCUT2D eigenvalue weighted by Crippen LogP contribution is 2.08. The maximum Gasteiger partial charge on any atom is 0.303 e. The molecule has 0 saturated carbocycles. The van der Waals surface area contributed by atoms with E-state index < -0.39 is 17.1 Å². The van der Waals surface area contributed by atoms with Crippen LogP contribution in [0.1, 0.15) is 36.5 Å². The number of hydrogen-bond acceptors (Lipinski definition) is 4. The Hall–Kier alpha value is -4.20. The van der Waals surface area contributed by atoms with Crippen molar-refractivity contribution in [2.24, 2.45) is 5.92 Å². The lowest BCUT2D eigenvalue weighted by atomic mass is 10.0. The van der Waals surface area contributed by atoms with Gasteiger partial charge >= 0.3 is 5.97 Å². The van der Waals surface area contributed by atoms with Crippen molar-refractivity contribution in [3.05, 3.63) is 103 Å². The van der Waals surface area contributed by atoms with E-state index in [0.717, 1.165) is 11.1 Å². The van der Waals surface area contributed by atoms with Gasteiger partial charge in [0.2, 0.25) is 5.91 Å². The van der Waals surface area contributed by atoms with Crippen molar-refractivity contribution in [2.45, 2.75) is 26.3 Å². The fourth-order valence-corrected chi connectivity index (χ4v) is 3.14. The maximum absolute atomic E-state index is 12.4. The zero-order valence-corrected chi connectivity index (χ0v) is 18.1. The molecular formula is C25H25N3O5. The van der Waals surface area contributed by atoms with E-state index in [4.69, 9.17) is 5.11 Å². The summed E-state index contributed by atoms with van der Waals surface area (Å²) in [7, 11) is 0. The predicted octanol–water partition coefficient (Wildman–Crippen LogP) is 0.838. The Morgan fingerprint density at radius 2 is 1.45 bits per heavy atom. The second kappa shape index (κ2) is 10.9. The van der Waals surface area contributed by atoms with Crippen molar-refractivity contribution in [1.82, 2.24) is 15.3 Å². The molecular weight excluding hydrogens is 422 g/mol. The number of aromatic amines is 2. The van der Waals surface area contributed by atoms with E-state index in [0.29, 0.717) is 12.1 Å². The molecule has 0 spiro atoms. The molecule has 8 nitrogen and oxygen atoms in total. The Kier molecular flexibility index (Phi) is 7.75. The summed E-state index contributed by atoms with van der Waals surface area (Å²) < 4.78 is 0. The molecule has 2 aromatic carbocycles. The first-order chi connectivity index (χ1) is 15.8. The quantitative estimate of drug-likeness (QED) is 0.406. The number of H-pyrrole nitrogens is 2. The molecule has 0 fully saturated rings. The Bertz CT molecular complexity index is 1360. The number of rotatable bonds is 8. The summed E-state index contributed by atoms with van der Waals surface area (Å²) >= 11 is 0. The van der Waals surface area contributed by atoms with Crippen molar-refractivity contribution < 1.29 is 14.7 Å². The summed E-state index contributed by atoms with van der Waals surface area (Å²) in [6.07, 6.45) is 3.41. The Morgan fingerprint density at radius 1 is 0.909 bits per heavy atom. The van der Waals surface area contributed by atoms with Crippen molar-refractivity contribution in [1.29, 1.82) is 0 Å². The van der Waals surface area contributed by atoms with Crippen LogP contribution in [0.15, 0.2) is 64.2 Å². The summed E-state index contributed by atoms with van der Waals surface area (Å²) in [4.78, 5) is 52.7. The van der Waals surface area contributed by atoms with Gasteiger partial charge in [0, 0.05) is 18.9 Å². The van der Waals surface area contributed by atoms with Crippen molar-refractivity contribution in [3.8, 4) is 0 Å². The molecule has 170 valence electrons. The van der Waals surface area contributed by atoms with Crippen LogP contribution in [-0.4, -0.2) is 27.0 Å². The summed E-state index contributed by atoms with van der Waals surface area (Å²) in [6, 6.07) is 16.4. The lowest BCUT2D eigenvalue weighted by Crippen LogP contribution is -2.46. The summed E-state index contributed by atoms with van der Waals surface area (Å²) in [5, 5.41) is 11.8. The van der Waals surface area contributed by atoms with E-state index in [1.807, 2.05) is 30.3 Å². The molecule has 0 aliphatic carbocycles. The monoisotopic (exact) mass is 447 g/mol. The minimum atomic E-state index is -0.925. The second-order valence-corrected chi connectivity index (χ2v) is 7.73. The van der Waals surface area contributed by atoms with Gasteiger partial charge in [-0.05, 0) is 35.3 Å². The van der Waals surface area contributed by atoms with E-state index in [9.17, 15) is 19.2 Å². The molecule has 3 rings (SSSR count). The van der Waals surface area contributed by atoms with Crippen LogP contribution in [0.25, 0.3) is 12.2 Å². The third-order valence-electron chi connectivity index (χ3n) is 5.09. The van der Waals surface area contributed by atoms with Crippen molar-refractivity contribution >= 4 is 24.0 Å². The van der Waals surface area contributed by atoms with Crippen LogP contribution in [-0.2, 0) is 16.1 Å². The zero-order valence-electron chi connectivity index (χ0n) is 18.1. The Morgan fingerprint density at radius 3 is 2.00 bits per heavy atom. The van der Waals surface area contributed by atoms with Crippen LogP contribution in [0.5, 0.6) is 0 Å². The van der Waals surface area contributed by atoms with Gasteiger partial charge in [-0.25, -0.2) is 0 Å².